The Morgan fingerprint density at radius 1 is 1.15 bits per heavy atom. The number of nitrogens with one attached hydrogen (secondary N) is 1. The van der Waals surface area contributed by atoms with Gasteiger partial charge in [-0.1, -0.05) is 25.6 Å². The van der Waals surface area contributed by atoms with Gasteiger partial charge in [0, 0.05) is 31.0 Å². The fraction of sp³-hybridized carbons (Fsp3) is 0.417. The molecule has 3 heterocycles. The molecule has 1 aromatic heterocycles. The molecule has 2 amide bonds. The van der Waals surface area contributed by atoms with Gasteiger partial charge >= 0.3 is 5.97 Å². The molecule has 0 bridgehead atoms. The van der Waals surface area contributed by atoms with E-state index in [4.69, 9.17) is 14.2 Å². The van der Waals surface area contributed by atoms with E-state index in [1.807, 2.05) is 0 Å². The zero-order valence-electron chi connectivity index (χ0n) is 19.1. The minimum atomic E-state index is -0.641. The topological polar surface area (TPSA) is 107 Å². The highest BCUT2D eigenvalue weighted by molar-refractivity contribution is 8.00. The van der Waals surface area contributed by atoms with Gasteiger partial charge < -0.3 is 24.4 Å². The number of rotatable bonds is 7. The van der Waals surface area contributed by atoms with E-state index in [2.05, 4.69) is 24.1 Å². The highest BCUT2D eigenvalue weighted by Gasteiger charge is 2.26. The van der Waals surface area contributed by atoms with Crippen LogP contribution in [0.4, 0.5) is 5.69 Å². The minimum Gasteiger partial charge on any atom is -0.454 e. The number of fused-ring (bicyclic) bond motifs is 1. The normalized spacial score (nSPS) is 18.9. The lowest BCUT2D eigenvalue weighted by Crippen LogP contribution is -2.44. The van der Waals surface area contributed by atoms with Crippen LogP contribution in [0.3, 0.4) is 0 Å². The average Bonchev–Trinajstić information content (AvgIpc) is 3.28. The van der Waals surface area contributed by atoms with Gasteiger partial charge in [0.15, 0.2) is 18.1 Å². The summed E-state index contributed by atoms with van der Waals surface area (Å²) in [5.74, 6) is 0.981. The zero-order valence-corrected chi connectivity index (χ0v) is 19.9. The van der Waals surface area contributed by atoms with Crippen molar-refractivity contribution >= 4 is 35.2 Å². The van der Waals surface area contributed by atoms with Crippen LogP contribution in [0.5, 0.6) is 11.5 Å². The van der Waals surface area contributed by atoms with Crippen LogP contribution in [0.1, 0.15) is 30.6 Å². The summed E-state index contributed by atoms with van der Waals surface area (Å²) in [6, 6.07) is 8.33. The molecule has 0 spiro atoms. The number of esters is 1. The van der Waals surface area contributed by atoms with Crippen molar-refractivity contribution in [1.82, 2.24) is 9.88 Å². The van der Waals surface area contributed by atoms with Crippen molar-refractivity contribution in [1.29, 1.82) is 0 Å². The zero-order chi connectivity index (χ0) is 24.1. The van der Waals surface area contributed by atoms with Gasteiger partial charge in [-0.15, -0.1) is 0 Å². The second kappa shape index (κ2) is 10.8. The first-order valence-corrected chi connectivity index (χ1v) is 12.1. The van der Waals surface area contributed by atoms with E-state index in [1.54, 1.807) is 35.2 Å². The second-order valence-electron chi connectivity index (χ2n) is 8.58. The second-order valence-corrected chi connectivity index (χ2v) is 9.55. The first kappa shape index (κ1) is 23.9. The molecular formula is C24H27N3O6S. The van der Waals surface area contributed by atoms with Gasteiger partial charge in [-0.2, -0.15) is 0 Å². The van der Waals surface area contributed by atoms with Gasteiger partial charge in [0.05, 0.1) is 11.3 Å². The maximum atomic E-state index is 12.7. The SMILES string of the molecule is CC1CC(C)CN(C(=O)COC(=O)c2cccnc2SCC(=O)Nc2ccc3c(c2)OCO3)C1. The van der Waals surface area contributed by atoms with Crippen LogP contribution < -0.4 is 14.8 Å². The highest BCUT2D eigenvalue weighted by Crippen LogP contribution is 2.34. The Hall–Kier alpha value is -3.27. The number of anilines is 1. The fourth-order valence-electron chi connectivity index (χ4n) is 4.13. The lowest BCUT2D eigenvalue weighted by Gasteiger charge is -2.34. The van der Waals surface area contributed by atoms with Gasteiger partial charge in [0.25, 0.3) is 5.91 Å². The summed E-state index contributed by atoms with van der Waals surface area (Å²) in [5.41, 5.74) is 0.798. The Labute approximate surface area is 202 Å². The third-order valence-electron chi connectivity index (χ3n) is 5.54. The Morgan fingerprint density at radius 2 is 1.91 bits per heavy atom. The van der Waals surface area contributed by atoms with E-state index in [1.165, 1.54) is 6.20 Å². The Kier molecular flexibility index (Phi) is 7.56. The molecule has 180 valence electrons. The lowest BCUT2D eigenvalue weighted by molar-refractivity contribution is -0.137. The Bertz CT molecular complexity index is 1070. The summed E-state index contributed by atoms with van der Waals surface area (Å²) < 4.78 is 15.9. The summed E-state index contributed by atoms with van der Waals surface area (Å²) in [4.78, 5) is 43.6. The average molecular weight is 486 g/mol. The van der Waals surface area contributed by atoms with E-state index < -0.39 is 5.97 Å². The molecule has 1 fully saturated rings. The number of carbonyl (C=O) groups excluding carboxylic acids is 3. The van der Waals surface area contributed by atoms with Crippen molar-refractivity contribution in [2.45, 2.75) is 25.3 Å². The van der Waals surface area contributed by atoms with Crippen LogP contribution in [-0.2, 0) is 14.3 Å². The van der Waals surface area contributed by atoms with Gasteiger partial charge in [-0.25, -0.2) is 9.78 Å². The van der Waals surface area contributed by atoms with Crippen LogP contribution in [-0.4, -0.2) is 59.9 Å². The number of benzene rings is 1. The molecule has 2 aliphatic rings. The summed E-state index contributed by atoms with van der Waals surface area (Å²) in [6.45, 7) is 5.42. The van der Waals surface area contributed by atoms with E-state index in [0.29, 0.717) is 47.1 Å². The van der Waals surface area contributed by atoms with Crippen LogP contribution in [0.2, 0.25) is 0 Å². The first-order valence-electron chi connectivity index (χ1n) is 11.1. The lowest BCUT2D eigenvalue weighted by atomic mass is 9.92. The molecule has 2 atom stereocenters. The predicted octanol–water partition coefficient (Wildman–Crippen LogP) is 3.20. The van der Waals surface area contributed by atoms with Gasteiger partial charge in [0.2, 0.25) is 12.7 Å². The molecule has 10 heteroatoms. The summed E-state index contributed by atoms with van der Waals surface area (Å²) in [6.07, 6.45) is 2.62. The maximum Gasteiger partial charge on any atom is 0.341 e. The number of aromatic nitrogens is 1. The molecule has 0 radical (unpaired) electrons. The number of nitrogens with zero attached hydrogens (tertiary/aromatic N) is 2. The smallest absolute Gasteiger partial charge is 0.341 e. The van der Waals surface area contributed by atoms with Crippen molar-refractivity contribution in [2.75, 3.05) is 37.6 Å². The van der Waals surface area contributed by atoms with E-state index >= 15 is 0 Å². The summed E-state index contributed by atoms with van der Waals surface area (Å²) >= 11 is 1.12. The quantitative estimate of drug-likeness (QED) is 0.471. The van der Waals surface area contributed by atoms with Crippen LogP contribution in [0.15, 0.2) is 41.6 Å². The van der Waals surface area contributed by atoms with Gasteiger partial charge in [-0.3, -0.25) is 9.59 Å². The largest absolute Gasteiger partial charge is 0.454 e. The number of thioether (sulfide) groups is 1. The molecular weight excluding hydrogens is 458 g/mol. The standard InChI is InChI=1S/C24H27N3O6S/c1-15-8-16(2)11-27(10-15)22(29)12-31-24(30)18-4-3-7-25-23(18)34-13-21(28)26-17-5-6-19-20(9-17)33-14-32-19/h3-7,9,15-16H,8,10-14H2,1-2H3,(H,26,28). The number of pyridine rings is 1. The van der Waals surface area contributed by atoms with Crippen molar-refractivity contribution in [3.8, 4) is 11.5 Å². The highest BCUT2D eigenvalue weighted by atomic mass is 32.2. The molecule has 1 aromatic carbocycles. The number of piperidine rings is 1. The molecule has 2 aliphatic heterocycles. The van der Waals surface area contributed by atoms with Crippen molar-refractivity contribution < 1.29 is 28.6 Å². The maximum absolute atomic E-state index is 12.7. The van der Waals surface area contributed by atoms with E-state index in [0.717, 1.165) is 18.2 Å². The minimum absolute atomic E-state index is 0.0359. The number of ether oxygens (including phenoxy) is 3. The monoisotopic (exact) mass is 485 g/mol. The van der Waals surface area contributed by atoms with E-state index in [9.17, 15) is 14.4 Å². The molecule has 1 N–H and O–H groups in total. The molecule has 34 heavy (non-hydrogen) atoms. The molecule has 4 rings (SSSR count). The molecule has 1 saturated heterocycles. The third-order valence-corrected chi connectivity index (χ3v) is 6.54. The molecule has 9 nitrogen and oxygen atoms in total. The molecule has 2 aromatic rings. The van der Waals surface area contributed by atoms with Gasteiger partial charge in [0.1, 0.15) is 5.03 Å². The number of hydrogen-bond acceptors (Lipinski definition) is 8. The molecule has 0 saturated carbocycles. The molecule has 0 aliphatic carbocycles. The van der Waals surface area contributed by atoms with Crippen LogP contribution in [0, 0.1) is 11.8 Å². The Balaban J connectivity index is 1.30. The summed E-state index contributed by atoms with van der Waals surface area (Å²) in [5, 5.41) is 3.15. The number of likely N-dealkylation sites (tertiary alicyclic amines) is 1. The number of carbonyl (C=O) groups is 3. The van der Waals surface area contributed by atoms with Crippen LogP contribution in [0.25, 0.3) is 0 Å². The number of hydrogen-bond donors (Lipinski definition) is 1. The summed E-state index contributed by atoms with van der Waals surface area (Å²) in [7, 11) is 0. The van der Waals surface area contributed by atoms with E-state index in [-0.39, 0.29) is 36.5 Å². The first-order chi connectivity index (χ1) is 16.4. The van der Waals surface area contributed by atoms with Crippen molar-refractivity contribution in [3.05, 3.63) is 42.1 Å². The third kappa shape index (κ3) is 5.99. The predicted molar refractivity (Wildman–Crippen MR) is 126 cm³/mol. The van der Waals surface area contributed by atoms with Gasteiger partial charge in [-0.05, 0) is 42.5 Å². The van der Waals surface area contributed by atoms with Crippen molar-refractivity contribution in [3.63, 3.8) is 0 Å². The van der Waals surface area contributed by atoms with Crippen LogP contribution >= 0.6 is 11.8 Å². The Morgan fingerprint density at radius 3 is 2.71 bits per heavy atom. The van der Waals surface area contributed by atoms with Crippen molar-refractivity contribution in [2.24, 2.45) is 11.8 Å². The molecule has 2 unspecified atom stereocenters. The fourth-order valence-corrected chi connectivity index (χ4v) is 4.91. The number of amides is 2.